The number of hydrogen-bond acceptors (Lipinski definition) is 4. The van der Waals surface area contributed by atoms with E-state index >= 15 is 0 Å². The second kappa shape index (κ2) is 7.50. The first-order valence-electron chi connectivity index (χ1n) is 6.82. The van der Waals surface area contributed by atoms with Crippen LogP contribution in [-0.2, 0) is 6.54 Å². The maximum absolute atomic E-state index is 5.78. The van der Waals surface area contributed by atoms with Crippen LogP contribution in [0.4, 0.5) is 0 Å². The van der Waals surface area contributed by atoms with Crippen molar-refractivity contribution >= 4 is 0 Å². The average molecular weight is 272 g/mol. The van der Waals surface area contributed by atoms with Gasteiger partial charge in [0.25, 0.3) is 0 Å². The smallest absolute Gasteiger partial charge is 0.219 e. The van der Waals surface area contributed by atoms with E-state index in [0.29, 0.717) is 18.2 Å². The average Bonchev–Trinajstić information content (AvgIpc) is 2.49. The molecule has 2 rings (SSSR count). The molecule has 4 heteroatoms. The molecule has 0 aliphatic heterocycles. The minimum absolute atomic E-state index is 0.567. The van der Waals surface area contributed by atoms with Crippen LogP contribution in [0, 0.1) is 0 Å². The van der Waals surface area contributed by atoms with Gasteiger partial charge in [-0.15, -0.1) is 0 Å². The number of aromatic nitrogens is 1. The number of nitrogens with zero attached hydrogens (tertiary/aromatic N) is 1. The Kier molecular flexibility index (Phi) is 5.38. The third-order valence-corrected chi connectivity index (χ3v) is 2.70. The highest BCUT2D eigenvalue weighted by atomic mass is 16.5. The maximum Gasteiger partial charge on any atom is 0.219 e. The van der Waals surface area contributed by atoms with Gasteiger partial charge in [0.05, 0.1) is 6.61 Å². The number of benzene rings is 1. The summed E-state index contributed by atoms with van der Waals surface area (Å²) in [4.78, 5) is 4.30. The van der Waals surface area contributed by atoms with E-state index in [1.165, 1.54) is 0 Å². The highest BCUT2D eigenvalue weighted by molar-refractivity contribution is 5.41. The fourth-order valence-electron chi connectivity index (χ4n) is 1.76. The van der Waals surface area contributed by atoms with E-state index in [0.717, 1.165) is 24.3 Å². The van der Waals surface area contributed by atoms with Crippen molar-refractivity contribution in [2.24, 2.45) is 0 Å². The second-order valence-corrected chi connectivity index (χ2v) is 4.43. The van der Waals surface area contributed by atoms with Gasteiger partial charge in [-0.2, -0.15) is 0 Å². The monoisotopic (exact) mass is 272 g/mol. The van der Waals surface area contributed by atoms with E-state index in [4.69, 9.17) is 9.47 Å². The van der Waals surface area contributed by atoms with Crippen LogP contribution in [0.5, 0.6) is 17.4 Å². The summed E-state index contributed by atoms with van der Waals surface area (Å²) in [5, 5.41) is 3.08. The van der Waals surface area contributed by atoms with Crippen LogP contribution in [-0.4, -0.2) is 18.6 Å². The van der Waals surface area contributed by atoms with Crippen LogP contribution in [0.25, 0.3) is 0 Å². The lowest BCUT2D eigenvalue weighted by molar-refractivity contribution is 0.301. The highest BCUT2D eigenvalue weighted by Crippen LogP contribution is 2.30. The van der Waals surface area contributed by atoms with Crippen LogP contribution >= 0.6 is 0 Å². The lowest BCUT2D eigenvalue weighted by Crippen LogP contribution is -2.05. The Hall–Kier alpha value is -2.07. The molecule has 0 bridgehead atoms. The first-order valence-corrected chi connectivity index (χ1v) is 6.82. The van der Waals surface area contributed by atoms with Crippen molar-refractivity contribution in [2.75, 3.05) is 13.7 Å². The van der Waals surface area contributed by atoms with Crippen molar-refractivity contribution in [2.45, 2.75) is 19.9 Å². The molecule has 0 unspecified atom stereocenters. The predicted molar refractivity (Wildman–Crippen MR) is 79.3 cm³/mol. The molecular formula is C16H20N2O2. The molecule has 106 valence electrons. The minimum atomic E-state index is 0.567. The van der Waals surface area contributed by atoms with E-state index in [-0.39, 0.29) is 0 Å². The van der Waals surface area contributed by atoms with E-state index in [9.17, 15) is 0 Å². The molecular weight excluding hydrogens is 252 g/mol. The van der Waals surface area contributed by atoms with Gasteiger partial charge in [0, 0.05) is 18.8 Å². The van der Waals surface area contributed by atoms with Gasteiger partial charge in [0.15, 0.2) is 11.5 Å². The Morgan fingerprint density at radius 1 is 1.10 bits per heavy atom. The minimum Gasteiger partial charge on any atom is -0.490 e. The van der Waals surface area contributed by atoms with Gasteiger partial charge in [-0.1, -0.05) is 25.1 Å². The molecule has 0 aliphatic rings. The van der Waals surface area contributed by atoms with E-state index in [2.05, 4.69) is 17.2 Å². The molecule has 1 N–H and O–H groups in total. The lowest BCUT2D eigenvalue weighted by atomic mass is 10.3. The number of pyridine rings is 1. The maximum atomic E-state index is 5.78. The van der Waals surface area contributed by atoms with Gasteiger partial charge >= 0.3 is 0 Å². The molecule has 2 aromatic rings. The van der Waals surface area contributed by atoms with Crippen LogP contribution < -0.4 is 14.8 Å². The predicted octanol–water partition coefficient (Wildman–Crippen LogP) is 3.38. The topological polar surface area (TPSA) is 43.4 Å². The van der Waals surface area contributed by atoms with Crippen molar-refractivity contribution in [1.29, 1.82) is 0 Å². The first-order chi connectivity index (χ1) is 9.83. The zero-order chi connectivity index (χ0) is 14.2. The highest BCUT2D eigenvalue weighted by Gasteiger charge is 2.06. The number of nitrogens with one attached hydrogen (secondary N) is 1. The number of hydrogen-bond donors (Lipinski definition) is 1. The Balaban J connectivity index is 2.08. The molecule has 0 aliphatic carbocycles. The molecule has 0 saturated carbocycles. The summed E-state index contributed by atoms with van der Waals surface area (Å²) in [5.74, 6) is 2.00. The van der Waals surface area contributed by atoms with Crippen LogP contribution in [0.1, 0.15) is 18.9 Å². The summed E-state index contributed by atoms with van der Waals surface area (Å²) in [6.07, 6.45) is 2.77. The van der Waals surface area contributed by atoms with Crippen molar-refractivity contribution < 1.29 is 9.47 Å². The molecule has 1 aromatic carbocycles. The van der Waals surface area contributed by atoms with Crippen LogP contribution in [0.2, 0.25) is 0 Å². The van der Waals surface area contributed by atoms with Crippen molar-refractivity contribution in [1.82, 2.24) is 10.3 Å². The van der Waals surface area contributed by atoms with Gasteiger partial charge in [0.2, 0.25) is 5.88 Å². The summed E-state index contributed by atoms with van der Waals surface area (Å²) in [7, 11) is 1.91. The van der Waals surface area contributed by atoms with Gasteiger partial charge in [-0.05, 0) is 31.2 Å². The second-order valence-electron chi connectivity index (χ2n) is 4.43. The summed E-state index contributed by atoms with van der Waals surface area (Å²) >= 11 is 0. The SMILES string of the molecule is CCCOc1ccccc1Oc1ccc(CNC)cn1. The third kappa shape index (κ3) is 3.96. The Labute approximate surface area is 119 Å². The summed E-state index contributed by atoms with van der Waals surface area (Å²) in [6, 6.07) is 11.5. The molecule has 4 nitrogen and oxygen atoms in total. The number of para-hydroxylation sites is 2. The van der Waals surface area contributed by atoms with Gasteiger partial charge in [-0.25, -0.2) is 4.98 Å². The summed E-state index contributed by atoms with van der Waals surface area (Å²) < 4.78 is 11.4. The summed E-state index contributed by atoms with van der Waals surface area (Å²) in [5.41, 5.74) is 1.12. The van der Waals surface area contributed by atoms with Gasteiger partial charge in [0.1, 0.15) is 0 Å². The molecule has 0 spiro atoms. The van der Waals surface area contributed by atoms with Crippen molar-refractivity contribution in [3.05, 3.63) is 48.2 Å². The first kappa shape index (κ1) is 14.3. The van der Waals surface area contributed by atoms with Crippen LogP contribution in [0.3, 0.4) is 0 Å². The standard InChI is InChI=1S/C16H20N2O2/c1-3-10-19-14-6-4-5-7-15(14)20-16-9-8-13(11-17-2)12-18-16/h4-9,12,17H,3,10-11H2,1-2H3. The number of ether oxygens (including phenoxy) is 2. The lowest BCUT2D eigenvalue weighted by Gasteiger charge is -2.11. The van der Waals surface area contributed by atoms with E-state index in [1.54, 1.807) is 6.20 Å². The molecule has 1 heterocycles. The Morgan fingerprint density at radius 2 is 1.90 bits per heavy atom. The quantitative estimate of drug-likeness (QED) is 0.839. The Bertz CT molecular complexity index is 526. The summed E-state index contributed by atoms with van der Waals surface area (Å²) in [6.45, 7) is 3.55. The number of rotatable bonds is 7. The fraction of sp³-hybridized carbons (Fsp3) is 0.312. The molecule has 0 amide bonds. The van der Waals surface area contributed by atoms with Gasteiger partial charge in [-0.3, -0.25) is 0 Å². The normalized spacial score (nSPS) is 10.3. The van der Waals surface area contributed by atoms with E-state index < -0.39 is 0 Å². The zero-order valence-corrected chi connectivity index (χ0v) is 11.9. The van der Waals surface area contributed by atoms with Crippen LogP contribution in [0.15, 0.2) is 42.6 Å². The molecule has 0 saturated heterocycles. The van der Waals surface area contributed by atoms with E-state index in [1.807, 2.05) is 43.4 Å². The zero-order valence-electron chi connectivity index (χ0n) is 11.9. The molecule has 1 aromatic heterocycles. The molecule has 0 fully saturated rings. The van der Waals surface area contributed by atoms with Gasteiger partial charge < -0.3 is 14.8 Å². The molecule has 20 heavy (non-hydrogen) atoms. The molecule has 0 radical (unpaired) electrons. The van der Waals surface area contributed by atoms with Crippen molar-refractivity contribution in [3.63, 3.8) is 0 Å². The van der Waals surface area contributed by atoms with Crippen molar-refractivity contribution in [3.8, 4) is 17.4 Å². The Morgan fingerprint density at radius 3 is 2.55 bits per heavy atom. The third-order valence-electron chi connectivity index (χ3n) is 2.70. The fourth-order valence-corrected chi connectivity index (χ4v) is 1.76. The molecule has 0 atom stereocenters. The largest absolute Gasteiger partial charge is 0.490 e.